The van der Waals surface area contributed by atoms with E-state index in [4.69, 9.17) is 14.2 Å². The number of phenolic OH excluding ortho intramolecular Hbond substituents is 2. The van der Waals surface area contributed by atoms with E-state index in [2.05, 4.69) is 0 Å². The highest BCUT2D eigenvalue weighted by atomic mass is 16.7. The molecule has 5 rings (SSSR count). The maximum atomic E-state index is 13.6. The highest BCUT2D eigenvalue weighted by Crippen LogP contribution is 2.54. The number of aliphatic hydroxyl groups excluding tert-OH is 1. The number of ketones is 2. The predicted molar refractivity (Wildman–Crippen MR) is 144 cm³/mol. The minimum Gasteiger partial charge on any atom is -0.507 e. The van der Waals surface area contributed by atoms with E-state index >= 15 is 0 Å². The Bertz CT molecular complexity index is 1420. The molecule has 11 heteroatoms. The smallest absolute Gasteiger partial charge is 0.316 e. The van der Waals surface area contributed by atoms with E-state index in [-0.39, 0.29) is 58.7 Å². The zero-order valence-corrected chi connectivity index (χ0v) is 23.6. The molecule has 2 aromatic carbocycles. The highest BCUT2D eigenvalue weighted by Gasteiger charge is 2.53. The molecule has 3 aliphatic rings. The number of benzene rings is 2. The van der Waals surface area contributed by atoms with Gasteiger partial charge in [-0.3, -0.25) is 14.4 Å². The van der Waals surface area contributed by atoms with Crippen LogP contribution < -0.4 is 0 Å². The second-order valence-corrected chi connectivity index (χ2v) is 11.3. The van der Waals surface area contributed by atoms with Crippen molar-refractivity contribution in [3.05, 3.63) is 57.6 Å². The van der Waals surface area contributed by atoms with Gasteiger partial charge in [0.2, 0.25) is 5.78 Å². The lowest BCUT2D eigenvalue weighted by Gasteiger charge is -2.46. The molecule has 1 saturated heterocycles. The molecule has 1 aliphatic heterocycles. The van der Waals surface area contributed by atoms with Crippen molar-refractivity contribution in [2.24, 2.45) is 0 Å². The minimum absolute atomic E-state index is 0.0382. The largest absolute Gasteiger partial charge is 0.507 e. The lowest BCUT2D eigenvalue weighted by atomic mass is 9.67. The second kappa shape index (κ2) is 10.5. The van der Waals surface area contributed by atoms with Gasteiger partial charge >= 0.3 is 5.97 Å². The Morgan fingerprint density at radius 2 is 1.85 bits per heavy atom. The normalized spacial score (nSPS) is 30.9. The molecule has 0 radical (unpaired) electrons. The molecule has 2 aliphatic carbocycles. The average Bonchev–Trinajstić information content (AvgIpc) is 2.92. The quantitative estimate of drug-likeness (QED) is 0.333. The number of hydrogen-bond acceptors (Lipinski definition) is 11. The van der Waals surface area contributed by atoms with E-state index in [1.807, 2.05) is 19.0 Å². The molecule has 220 valence electrons. The summed E-state index contributed by atoms with van der Waals surface area (Å²) in [5.41, 5.74) is -2.27. The van der Waals surface area contributed by atoms with Crippen molar-refractivity contribution in [1.82, 2.24) is 4.90 Å². The number of nitrogens with zero attached hydrogens (tertiary/aromatic N) is 1. The molecule has 41 heavy (non-hydrogen) atoms. The molecule has 0 saturated carbocycles. The highest BCUT2D eigenvalue weighted by molar-refractivity contribution is 6.30. The number of fused-ring (bicyclic) bond motifs is 3. The first kappa shape index (κ1) is 29.2. The van der Waals surface area contributed by atoms with E-state index in [1.165, 1.54) is 31.4 Å². The van der Waals surface area contributed by atoms with Gasteiger partial charge in [0.15, 0.2) is 12.1 Å². The number of aromatic hydroxyl groups is 2. The summed E-state index contributed by atoms with van der Waals surface area (Å²) in [6.07, 6.45) is -3.09. The summed E-state index contributed by atoms with van der Waals surface area (Å²) in [5.74, 6) is -4.42. The van der Waals surface area contributed by atoms with E-state index < -0.39 is 65.2 Å². The van der Waals surface area contributed by atoms with Gasteiger partial charge in [0.1, 0.15) is 17.4 Å². The minimum atomic E-state index is -1.69. The topological polar surface area (TPSA) is 163 Å². The molecule has 4 N–H and O–H groups in total. The molecule has 7 atom stereocenters. The van der Waals surface area contributed by atoms with Gasteiger partial charge in [-0.1, -0.05) is 19.1 Å². The van der Waals surface area contributed by atoms with Gasteiger partial charge in [-0.05, 0) is 45.1 Å². The van der Waals surface area contributed by atoms with Crippen LogP contribution in [0.15, 0.2) is 24.3 Å². The lowest BCUT2D eigenvalue weighted by Crippen LogP contribution is -2.54. The third-order valence-electron chi connectivity index (χ3n) is 8.77. The van der Waals surface area contributed by atoms with Crippen LogP contribution in [0.5, 0.6) is 11.5 Å². The first-order valence-corrected chi connectivity index (χ1v) is 13.6. The van der Waals surface area contributed by atoms with Crippen LogP contribution in [0, 0.1) is 0 Å². The van der Waals surface area contributed by atoms with Crippen molar-refractivity contribution in [3.63, 3.8) is 0 Å². The fourth-order valence-electron chi connectivity index (χ4n) is 6.50. The zero-order chi connectivity index (χ0) is 30.0. The van der Waals surface area contributed by atoms with Crippen LogP contribution in [-0.4, -0.2) is 94.2 Å². The Morgan fingerprint density at radius 1 is 1.15 bits per heavy atom. The summed E-state index contributed by atoms with van der Waals surface area (Å²) in [4.78, 5) is 42.1. The molecule has 1 heterocycles. The lowest BCUT2D eigenvalue weighted by molar-refractivity contribution is -0.258. The van der Waals surface area contributed by atoms with Crippen molar-refractivity contribution < 1.29 is 49.0 Å². The Balaban J connectivity index is 1.69. The Labute approximate surface area is 237 Å². The molecular formula is C30H35NO10. The Kier molecular flexibility index (Phi) is 7.46. The van der Waals surface area contributed by atoms with Crippen molar-refractivity contribution in [2.45, 2.75) is 75.3 Å². The Hall–Kier alpha value is -3.35. The number of carbonyl (C=O) groups excluding carboxylic acids is 3. The van der Waals surface area contributed by atoms with Crippen LogP contribution >= 0.6 is 0 Å². The third kappa shape index (κ3) is 4.52. The van der Waals surface area contributed by atoms with E-state index in [0.717, 1.165) is 0 Å². The van der Waals surface area contributed by atoms with Crippen LogP contribution in [-0.2, 0) is 19.0 Å². The number of rotatable bonds is 5. The number of esters is 1. The van der Waals surface area contributed by atoms with Crippen molar-refractivity contribution in [2.75, 3.05) is 21.2 Å². The summed E-state index contributed by atoms with van der Waals surface area (Å²) in [6.45, 7) is 3.41. The van der Waals surface area contributed by atoms with Crippen LogP contribution in [0.4, 0.5) is 0 Å². The first-order chi connectivity index (χ1) is 19.3. The van der Waals surface area contributed by atoms with Crippen LogP contribution in [0.1, 0.15) is 88.1 Å². The molecule has 1 fully saturated rings. The second-order valence-electron chi connectivity index (χ2n) is 11.3. The van der Waals surface area contributed by atoms with Gasteiger partial charge in [0, 0.05) is 35.6 Å². The van der Waals surface area contributed by atoms with Gasteiger partial charge < -0.3 is 39.5 Å². The molecule has 2 aromatic rings. The predicted octanol–water partition coefficient (Wildman–Crippen LogP) is 2.16. The summed E-state index contributed by atoms with van der Waals surface area (Å²) in [6, 6.07) is 5.14. The third-order valence-corrected chi connectivity index (χ3v) is 8.77. The summed E-state index contributed by atoms with van der Waals surface area (Å²) in [5, 5.41) is 44.5. The number of ether oxygens (including phenoxy) is 3. The summed E-state index contributed by atoms with van der Waals surface area (Å²) < 4.78 is 17.3. The summed E-state index contributed by atoms with van der Waals surface area (Å²) >= 11 is 0. The molecule has 0 bridgehead atoms. The zero-order valence-electron chi connectivity index (χ0n) is 23.6. The van der Waals surface area contributed by atoms with Gasteiger partial charge in [-0.2, -0.15) is 0 Å². The molecule has 0 amide bonds. The number of hydrogen-bond donors (Lipinski definition) is 4. The molecule has 11 nitrogen and oxygen atoms in total. The maximum absolute atomic E-state index is 13.6. The molecule has 0 aromatic heterocycles. The molecular weight excluding hydrogens is 534 g/mol. The van der Waals surface area contributed by atoms with Crippen LogP contribution in [0.3, 0.4) is 0 Å². The monoisotopic (exact) mass is 569 g/mol. The number of aliphatic hydroxyl groups is 2. The Morgan fingerprint density at radius 3 is 2.49 bits per heavy atom. The molecule has 0 unspecified atom stereocenters. The van der Waals surface area contributed by atoms with Crippen molar-refractivity contribution in [3.8, 4) is 11.5 Å². The average molecular weight is 570 g/mol. The number of carbonyl (C=O) groups is 3. The van der Waals surface area contributed by atoms with Crippen molar-refractivity contribution in [1.29, 1.82) is 0 Å². The van der Waals surface area contributed by atoms with Crippen molar-refractivity contribution >= 4 is 17.5 Å². The van der Waals surface area contributed by atoms with E-state index in [0.29, 0.717) is 0 Å². The van der Waals surface area contributed by atoms with Gasteiger partial charge in [-0.15, -0.1) is 0 Å². The summed E-state index contributed by atoms with van der Waals surface area (Å²) in [7, 11) is 4.82. The fourth-order valence-corrected chi connectivity index (χ4v) is 6.50. The van der Waals surface area contributed by atoms with Gasteiger partial charge in [0.05, 0.1) is 42.1 Å². The van der Waals surface area contributed by atoms with E-state index in [1.54, 1.807) is 13.8 Å². The van der Waals surface area contributed by atoms with Gasteiger partial charge in [0.25, 0.3) is 0 Å². The first-order valence-electron chi connectivity index (χ1n) is 13.6. The SMILES string of the molecule is CC[C@@]1(O)C[C@H](O[C@@H]2C[C@H](N(C)C)[C@@H](O)[C@H](C)O2)c2c(cc3c(c2O)C(=O)c2c(O)cccc2C3=O)[C@H]1C(=O)OC. The standard InChI is InChI=1S/C30H35NO10/c1-6-30(38)12-19(41-20-11-17(31(3)4)25(33)13(2)40-20)22-15(24(30)29(37)39-5)10-16-23(28(22)36)27(35)21-14(26(16)34)8-7-9-18(21)32/h7-10,13,17,19-20,24-25,32-33,36,38H,6,11-12H2,1-5H3/t13-,17-,19-,20+,24-,25-,30+/m0/s1. The number of methoxy groups -OCH3 is 1. The maximum Gasteiger partial charge on any atom is 0.316 e. The van der Waals surface area contributed by atoms with Gasteiger partial charge in [-0.25, -0.2) is 0 Å². The number of phenols is 2. The van der Waals surface area contributed by atoms with Crippen LogP contribution in [0.2, 0.25) is 0 Å². The van der Waals surface area contributed by atoms with Crippen LogP contribution in [0.25, 0.3) is 0 Å². The van der Waals surface area contributed by atoms with E-state index in [9.17, 15) is 34.8 Å². The molecule has 0 spiro atoms. The fraction of sp³-hybridized carbons (Fsp3) is 0.500. The number of likely N-dealkylation sites (N-methyl/N-ethyl adjacent to an activating group) is 1.